The average molecular weight is 360 g/mol. The molecule has 0 saturated heterocycles. The first-order valence-corrected chi connectivity index (χ1v) is 9.33. The molecular weight excluding hydrogens is 332 g/mol. The highest BCUT2D eigenvalue weighted by molar-refractivity contribution is 5.97. The second-order valence-corrected chi connectivity index (χ2v) is 6.78. The van der Waals surface area contributed by atoms with Crippen LogP contribution in [0.4, 0.5) is 5.69 Å². The minimum Gasteiger partial charge on any atom is -0.468 e. The third-order valence-corrected chi connectivity index (χ3v) is 4.79. The Bertz CT molecular complexity index is 607. The predicted molar refractivity (Wildman–Crippen MR) is 99.8 cm³/mol. The van der Waals surface area contributed by atoms with E-state index in [2.05, 4.69) is 15.4 Å². The van der Waals surface area contributed by atoms with Crippen molar-refractivity contribution >= 4 is 23.5 Å². The molecule has 6 nitrogen and oxygen atoms in total. The quantitative estimate of drug-likeness (QED) is 0.697. The van der Waals surface area contributed by atoms with Gasteiger partial charge in [-0.3, -0.25) is 14.4 Å². The third-order valence-electron chi connectivity index (χ3n) is 4.79. The standard InChI is InChI=1S/C20H28N2O4/c1-26-19(24)14-21-20(25)16-10-12-17(13-11-16)22-18(23)9-5-8-15-6-3-2-4-7-15/h10-13,15H,2-9,14H2,1H3,(H,21,25)(H,22,23). The molecule has 0 bridgehead atoms. The van der Waals surface area contributed by atoms with Crippen LogP contribution in [0.1, 0.15) is 61.7 Å². The van der Waals surface area contributed by atoms with E-state index >= 15 is 0 Å². The zero-order chi connectivity index (χ0) is 18.8. The van der Waals surface area contributed by atoms with Gasteiger partial charge in [0.1, 0.15) is 6.54 Å². The van der Waals surface area contributed by atoms with Gasteiger partial charge in [-0.25, -0.2) is 0 Å². The van der Waals surface area contributed by atoms with Gasteiger partial charge >= 0.3 is 5.97 Å². The summed E-state index contributed by atoms with van der Waals surface area (Å²) in [6.07, 6.45) is 9.21. The van der Waals surface area contributed by atoms with Gasteiger partial charge in [0.25, 0.3) is 5.91 Å². The molecule has 2 amide bonds. The van der Waals surface area contributed by atoms with E-state index in [4.69, 9.17) is 0 Å². The number of anilines is 1. The van der Waals surface area contributed by atoms with Crippen LogP contribution in [0.3, 0.4) is 0 Å². The zero-order valence-electron chi connectivity index (χ0n) is 15.4. The third kappa shape index (κ3) is 6.86. The second-order valence-electron chi connectivity index (χ2n) is 6.78. The number of methoxy groups -OCH3 is 1. The molecule has 1 aromatic rings. The molecule has 0 radical (unpaired) electrons. The van der Waals surface area contributed by atoms with Crippen molar-refractivity contribution in [2.45, 2.75) is 51.4 Å². The molecule has 1 aliphatic carbocycles. The van der Waals surface area contributed by atoms with Crippen LogP contribution >= 0.6 is 0 Å². The second kappa shape index (κ2) is 10.6. The molecule has 0 unspecified atom stereocenters. The normalized spacial score (nSPS) is 14.5. The van der Waals surface area contributed by atoms with Crippen molar-refractivity contribution in [1.82, 2.24) is 5.32 Å². The minimum absolute atomic E-state index is 0.00343. The van der Waals surface area contributed by atoms with Gasteiger partial charge in [0.2, 0.25) is 5.91 Å². The predicted octanol–water partition coefficient (Wildman–Crippen LogP) is 3.28. The number of hydrogen-bond acceptors (Lipinski definition) is 4. The van der Waals surface area contributed by atoms with Crippen molar-refractivity contribution in [3.63, 3.8) is 0 Å². The Kier molecular flexibility index (Phi) is 8.12. The Labute approximate surface area is 154 Å². The summed E-state index contributed by atoms with van der Waals surface area (Å²) < 4.78 is 4.47. The van der Waals surface area contributed by atoms with Gasteiger partial charge in [0, 0.05) is 17.7 Å². The van der Waals surface area contributed by atoms with Gasteiger partial charge in [0.05, 0.1) is 7.11 Å². The van der Waals surface area contributed by atoms with Gasteiger partial charge in [-0.1, -0.05) is 32.1 Å². The van der Waals surface area contributed by atoms with Crippen LogP contribution in [0.5, 0.6) is 0 Å². The fourth-order valence-electron chi connectivity index (χ4n) is 3.28. The summed E-state index contributed by atoms with van der Waals surface area (Å²) in [6.45, 7) is -0.172. The molecule has 6 heteroatoms. The zero-order valence-corrected chi connectivity index (χ0v) is 15.4. The van der Waals surface area contributed by atoms with Crippen LogP contribution in [0.25, 0.3) is 0 Å². The van der Waals surface area contributed by atoms with Crippen molar-refractivity contribution in [3.05, 3.63) is 29.8 Å². The van der Waals surface area contributed by atoms with E-state index in [1.54, 1.807) is 24.3 Å². The van der Waals surface area contributed by atoms with Gasteiger partial charge in [-0.2, -0.15) is 0 Å². The number of esters is 1. The van der Waals surface area contributed by atoms with Gasteiger partial charge in [0.15, 0.2) is 0 Å². The van der Waals surface area contributed by atoms with E-state index < -0.39 is 5.97 Å². The van der Waals surface area contributed by atoms with Gasteiger partial charge in [-0.15, -0.1) is 0 Å². The molecule has 2 rings (SSSR count). The molecule has 1 aromatic carbocycles. The largest absolute Gasteiger partial charge is 0.468 e. The number of carbonyl (C=O) groups excluding carboxylic acids is 3. The van der Waals surface area contributed by atoms with E-state index in [-0.39, 0.29) is 18.4 Å². The number of carbonyl (C=O) groups is 3. The molecule has 1 fully saturated rings. The summed E-state index contributed by atoms with van der Waals surface area (Å²) in [7, 11) is 1.27. The fraction of sp³-hybridized carbons (Fsp3) is 0.550. The van der Waals surface area contributed by atoms with Crippen molar-refractivity contribution in [2.75, 3.05) is 19.0 Å². The maximum absolute atomic E-state index is 12.0. The molecule has 0 atom stereocenters. The summed E-state index contributed by atoms with van der Waals surface area (Å²) in [5, 5.41) is 5.33. The van der Waals surface area contributed by atoms with E-state index in [9.17, 15) is 14.4 Å². The summed E-state index contributed by atoms with van der Waals surface area (Å²) in [6, 6.07) is 6.60. The van der Waals surface area contributed by atoms with Crippen LogP contribution in [-0.4, -0.2) is 31.4 Å². The Morgan fingerprint density at radius 2 is 1.77 bits per heavy atom. The molecule has 142 valence electrons. The van der Waals surface area contributed by atoms with Crippen LogP contribution < -0.4 is 10.6 Å². The molecule has 0 spiro atoms. The van der Waals surface area contributed by atoms with Gasteiger partial charge < -0.3 is 15.4 Å². The SMILES string of the molecule is COC(=O)CNC(=O)c1ccc(NC(=O)CCCC2CCCCC2)cc1. The molecule has 0 aromatic heterocycles. The maximum Gasteiger partial charge on any atom is 0.325 e. The van der Waals surface area contributed by atoms with Crippen molar-refractivity contribution in [3.8, 4) is 0 Å². The first-order valence-electron chi connectivity index (χ1n) is 9.33. The van der Waals surface area contributed by atoms with Crippen LogP contribution in [0, 0.1) is 5.92 Å². The number of hydrogen-bond donors (Lipinski definition) is 2. The number of benzene rings is 1. The number of ether oxygens (including phenoxy) is 1. The number of rotatable bonds is 8. The summed E-state index contributed by atoms with van der Waals surface area (Å²) in [5.41, 5.74) is 1.08. The number of nitrogens with one attached hydrogen (secondary N) is 2. The smallest absolute Gasteiger partial charge is 0.325 e. The van der Waals surface area contributed by atoms with Crippen molar-refractivity contribution < 1.29 is 19.1 Å². The lowest BCUT2D eigenvalue weighted by Gasteiger charge is -2.21. The molecule has 1 aliphatic rings. The lowest BCUT2D eigenvalue weighted by molar-refractivity contribution is -0.139. The molecule has 2 N–H and O–H groups in total. The average Bonchev–Trinajstić information content (AvgIpc) is 2.67. The topological polar surface area (TPSA) is 84.5 Å². The Morgan fingerprint density at radius 1 is 1.08 bits per heavy atom. The Morgan fingerprint density at radius 3 is 2.42 bits per heavy atom. The first kappa shape index (κ1) is 19.9. The lowest BCUT2D eigenvalue weighted by Crippen LogP contribution is -2.30. The van der Waals surface area contributed by atoms with Crippen LogP contribution in [-0.2, 0) is 14.3 Å². The molecule has 0 heterocycles. The fourth-order valence-corrected chi connectivity index (χ4v) is 3.28. The molecule has 1 saturated carbocycles. The highest BCUT2D eigenvalue weighted by Gasteiger charge is 2.14. The van der Waals surface area contributed by atoms with Gasteiger partial charge in [-0.05, 0) is 43.0 Å². The summed E-state index contributed by atoms with van der Waals surface area (Å²) in [5.74, 6) is -0.0701. The highest BCUT2D eigenvalue weighted by Crippen LogP contribution is 2.27. The van der Waals surface area contributed by atoms with E-state index in [1.165, 1.54) is 39.2 Å². The van der Waals surface area contributed by atoms with E-state index in [1.807, 2.05) is 0 Å². The van der Waals surface area contributed by atoms with Crippen LogP contribution in [0.2, 0.25) is 0 Å². The van der Waals surface area contributed by atoms with Crippen molar-refractivity contribution in [2.24, 2.45) is 5.92 Å². The first-order chi connectivity index (χ1) is 12.6. The lowest BCUT2D eigenvalue weighted by atomic mass is 9.86. The monoisotopic (exact) mass is 360 g/mol. The summed E-state index contributed by atoms with van der Waals surface area (Å²) >= 11 is 0. The number of amides is 2. The Balaban J connectivity index is 1.71. The molecule has 0 aliphatic heterocycles. The van der Waals surface area contributed by atoms with E-state index in [0.29, 0.717) is 17.7 Å². The van der Waals surface area contributed by atoms with E-state index in [0.717, 1.165) is 18.8 Å². The molecule has 26 heavy (non-hydrogen) atoms. The van der Waals surface area contributed by atoms with Crippen molar-refractivity contribution in [1.29, 1.82) is 0 Å². The summed E-state index contributed by atoms with van der Waals surface area (Å²) in [4.78, 5) is 35.0. The highest BCUT2D eigenvalue weighted by atomic mass is 16.5. The minimum atomic E-state index is -0.504. The Hall–Kier alpha value is -2.37. The molecular formula is C20H28N2O4. The maximum atomic E-state index is 12.0. The van der Waals surface area contributed by atoms with Crippen LogP contribution in [0.15, 0.2) is 24.3 Å².